The summed E-state index contributed by atoms with van der Waals surface area (Å²) in [6.45, 7) is 6.42. The molecule has 80 valence electrons. The van der Waals surface area contributed by atoms with Crippen molar-refractivity contribution in [2.24, 2.45) is 16.9 Å². The fourth-order valence-electron chi connectivity index (χ4n) is 1.86. The highest BCUT2D eigenvalue weighted by atomic mass is 16.5. The molecule has 0 aromatic carbocycles. The third kappa shape index (κ3) is 2.05. The molecular weight excluding hydrogens is 180 g/mol. The van der Waals surface area contributed by atoms with E-state index < -0.39 is 0 Å². The van der Waals surface area contributed by atoms with E-state index in [-0.39, 0.29) is 17.9 Å². The largest absolute Gasteiger partial charge is 0.465 e. The summed E-state index contributed by atoms with van der Waals surface area (Å²) >= 11 is 0. The molecule has 0 amide bonds. The first-order valence-electron chi connectivity index (χ1n) is 5.01. The molecule has 0 aromatic rings. The molecule has 0 saturated heterocycles. The van der Waals surface area contributed by atoms with Gasteiger partial charge in [-0.25, -0.2) is 0 Å². The van der Waals surface area contributed by atoms with Crippen LogP contribution in [0.1, 0.15) is 20.8 Å². The number of nitrogens with zero attached hydrogens (tertiary/aromatic N) is 2. The Morgan fingerprint density at radius 1 is 1.64 bits per heavy atom. The summed E-state index contributed by atoms with van der Waals surface area (Å²) in [6.07, 6.45) is 1.68. The summed E-state index contributed by atoms with van der Waals surface area (Å²) in [5.74, 6) is 0.0103. The number of rotatable bonds is 3. The number of carbonyl (C=O) groups excluding carboxylic acids is 1. The van der Waals surface area contributed by atoms with Gasteiger partial charge in [-0.15, -0.1) is 0 Å². The maximum absolute atomic E-state index is 11.6. The Hall–Kier alpha value is -1.06. The van der Waals surface area contributed by atoms with Gasteiger partial charge in [-0.05, 0) is 12.8 Å². The molecule has 0 unspecified atom stereocenters. The standard InChI is InChI=1S/C10H18N2O2/c1-5-14-10(13)8-6-11-12(4)9(8)7(2)3/h6-9H,5H2,1-4H3/t8-,9-/m1/s1. The molecule has 0 aromatic heterocycles. The van der Waals surface area contributed by atoms with Crippen molar-refractivity contribution in [2.75, 3.05) is 13.7 Å². The second kappa shape index (κ2) is 4.44. The maximum Gasteiger partial charge on any atom is 0.316 e. The smallest absolute Gasteiger partial charge is 0.316 e. The molecule has 0 bridgehead atoms. The molecule has 0 saturated carbocycles. The Bertz CT molecular complexity index is 238. The first kappa shape index (κ1) is 11.0. The van der Waals surface area contributed by atoms with Gasteiger partial charge in [0.2, 0.25) is 0 Å². The van der Waals surface area contributed by atoms with E-state index in [1.807, 2.05) is 19.0 Å². The van der Waals surface area contributed by atoms with Crippen LogP contribution in [0.5, 0.6) is 0 Å². The van der Waals surface area contributed by atoms with Crippen LogP contribution >= 0.6 is 0 Å². The van der Waals surface area contributed by atoms with Crippen LogP contribution in [0.25, 0.3) is 0 Å². The summed E-state index contributed by atoms with van der Waals surface area (Å²) in [7, 11) is 1.89. The molecule has 0 spiro atoms. The summed E-state index contributed by atoms with van der Waals surface area (Å²) in [6, 6.07) is 0.133. The molecule has 0 fully saturated rings. The average Bonchev–Trinajstić information content (AvgIpc) is 2.47. The highest BCUT2D eigenvalue weighted by Crippen LogP contribution is 2.23. The lowest BCUT2D eigenvalue weighted by Gasteiger charge is -2.26. The molecular formula is C10H18N2O2. The van der Waals surface area contributed by atoms with Crippen LogP contribution in [0.4, 0.5) is 0 Å². The Labute approximate surface area is 84.9 Å². The third-order valence-electron chi connectivity index (χ3n) is 2.45. The quantitative estimate of drug-likeness (QED) is 0.638. The van der Waals surface area contributed by atoms with Crippen LogP contribution in [0, 0.1) is 11.8 Å². The lowest BCUT2D eigenvalue weighted by atomic mass is 9.92. The molecule has 1 aliphatic heterocycles. The van der Waals surface area contributed by atoms with E-state index in [4.69, 9.17) is 4.74 Å². The predicted molar refractivity (Wildman–Crippen MR) is 55.0 cm³/mol. The third-order valence-corrected chi connectivity index (χ3v) is 2.45. The van der Waals surface area contributed by atoms with E-state index >= 15 is 0 Å². The Morgan fingerprint density at radius 2 is 2.29 bits per heavy atom. The molecule has 0 aliphatic carbocycles. The van der Waals surface area contributed by atoms with Gasteiger partial charge in [-0.1, -0.05) is 13.8 Å². The summed E-state index contributed by atoms with van der Waals surface area (Å²) < 4.78 is 5.00. The summed E-state index contributed by atoms with van der Waals surface area (Å²) in [5, 5.41) is 5.97. The lowest BCUT2D eigenvalue weighted by Crippen LogP contribution is -2.39. The van der Waals surface area contributed by atoms with Crippen molar-refractivity contribution < 1.29 is 9.53 Å². The Morgan fingerprint density at radius 3 is 2.79 bits per heavy atom. The van der Waals surface area contributed by atoms with Gasteiger partial charge in [0.05, 0.1) is 12.6 Å². The summed E-state index contributed by atoms with van der Waals surface area (Å²) in [5.41, 5.74) is 0. The Balaban J connectivity index is 2.68. The predicted octanol–water partition coefficient (Wildman–Crippen LogP) is 1.12. The van der Waals surface area contributed by atoms with Gasteiger partial charge in [0.25, 0.3) is 0 Å². The van der Waals surface area contributed by atoms with Crippen molar-refractivity contribution in [3.05, 3.63) is 0 Å². The number of ether oxygens (including phenoxy) is 1. The molecule has 4 nitrogen and oxygen atoms in total. The molecule has 0 radical (unpaired) electrons. The van der Waals surface area contributed by atoms with Gasteiger partial charge >= 0.3 is 5.97 Å². The minimum atomic E-state index is -0.208. The van der Waals surface area contributed by atoms with Gasteiger partial charge in [-0.3, -0.25) is 9.80 Å². The molecule has 1 heterocycles. The average molecular weight is 198 g/mol. The van der Waals surface area contributed by atoms with Crippen LogP contribution in [0.2, 0.25) is 0 Å². The highest BCUT2D eigenvalue weighted by molar-refractivity contribution is 5.91. The monoisotopic (exact) mass is 198 g/mol. The van der Waals surface area contributed by atoms with E-state index in [9.17, 15) is 4.79 Å². The fourth-order valence-corrected chi connectivity index (χ4v) is 1.86. The zero-order valence-electron chi connectivity index (χ0n) is 9.23. The SMILES string of the molecule is CCOC(=O)[C@@H]1C=NN(C)[C@@H]1C(C)C. The molecule has 14 heavy (non-hydrogen) atoms. The van der Waals surface area contributed by atoms with Gasteiger partial charge in [-0.2, -0.15) is 5.10 Å². The Kier molecular flexibility index (Phi) is 3.49. The zero-order chi connectivity index (χ0) is 10.7. The topological polar surface area (TPSA) is 41.9 Å². The lowest BCUT2D eigenvalue weighted by molar-refractivity contribution is -0.147. The highest BCUT2D eigenvalue weighted by Gasteiger charge is 2.37. The van der Waals surface area contributed by atoms with Crippen LogP contribution in [0.3, 0.4) is 0 Å². The van der Waals surface area contributed by atoms with Crippen molar-refractivity contribution in [3.8, 4) is 0 Å². The molecule has 0 N–H and O–H groups in total. The van der Waals surface area contributed by atoms with Crippen LogP contribution in [0.15, 0.2) is 5.10 Å². The first-order valence-corrected chi connectivity index (χ1v) is 5.01. The van der Waals surface area contributed by atoms with E-state index in [0.717, 1.165) is 0 Å². The van der Waals surface area contributed by atoms with E-state index in [2.05, 4.69) is 18.9 Å². The second-order valence-electron chi connectivity index (χ2n) is 3.85. The number of hydrogen-bond acceptors (Lipinski definition) is 4. The van der Waals surface area contributed by atoms with Gasteiger partial charge in [0, 0.05) is 13.3 Å². The van der Waals surface area contributed by atoms with Crippen molar-refractivity contribution in [1.82, 2.24) is 5.01 Å². The first-order chi connectivity index (χ1) is 6.57. The van der Waals surface area contributed by atoms with Crippen LogP contribution < -0.4 is 0 Å². The molecule has 1 aliphatic rings. The van der Waals surface area contributed by atoms with Gasteiger partial charge < -0.3 is 4.74 Å². The summed E-state index contributed by atoms with van der Waals surface area (Å²) in [4.78, 5) is 11.6. The van der Waals surface area contributed by atoms with E-state index in [1.54, 1.807) is 6.21 Å². The van der Waals surface area contributed by atoms with Crippen molar-refractivity contribution in [2.45, 2.75) is 26.8 Å². The fraction of sp³-hybridized carbons (Fsp3) is 0.800. The van der Waals surface area contributed by atoms with Crippen molar-refractivity contribution >= 4 is 12.2 Å². The molecule has 1 rings (SSSR count). The van der Waals surface area contributed by atoms with Crippen molar-refractivity contribution in [1.29, 1.82) is 0 Å². The van der Waals surface area contributed by atoms with Crippen molar-refractivity contribution in [3.63, 3.8) is 0 Å². The van der Waals surface area contributed by atoms with Gasteiger partial charge in [0.15, 0.2) is 0 Å². The maximum atomic E-state index is 11.6. The van der Waals surface area contributed by atoms with E-state index in [1.165, 1.54) is 0 Å². The van der Waals surface area contributed by atoms with Crippen LogP contribution in [-0.2, 0) is 9.53 Å². The van der Waals surface area contributed by atoms with E-state index in [0.29, 0.717) is 12.5 Å². The molecule has 4 heteroatoms. The van der Waals surface area contributed by atoms with Crippen LogP contribution in [-0.4, -0.2) is 36.9 Å². The minimum Gasteiger partial charge on any atom is -0.465 e. The zero-order valence-corrected chi connectivity index (χ0v) is 9.23. The number of hydrazone groups is 1. The number of hydrogen-bond donors (Lipinski definition) is 0. The van der Waals surface area contributed by atoms with Gasteiger partial charge in [0.1, 0.15) is 5.92 Å². The normalized spacial score (nSPS) is 25.9. The number of carbonyl (C=O) groups is 1. The molecule has 2 atom stereocenters. The number of esters is 1. The second-order valence-corrected chi connectivity index (χ2v) is 3.85. The minimum absolute atomic E-state index is 0.133.